The first-order chi connectivity index (χ1) is 10.2. The van der Waals surface area contributed by atoms with Crippen molar-refractivity contribution in [1.82, 2.24) is 19.9 Å². The van der Waals surface area contributed by atoms with Crippen molar-refractivity contribution in [2.45, 2.75) is 17.2 Å². The molecule has 0 spiro atoms. The van der Waals surface area contributed by atoms with Gasteiger partial charge in [0.15, 0.2) is 15.8 Å². The van der Waals surface area contributed by atoms with Gasteiger partial charge in [-0.25, -0.2) is 15.0 Å². The molecule has 2 aromatic heterocycles. The van der Waals surface area contributed by atoms with Crippen LogP contribution in [0.1, 0.15) is 12.8 Å². The largest absolute Gasteiger partial charge is 0.358 e. The number of hydrogen-bond acceptors (Lipinski definition) is 7. The van der Waals surface area contributed by atoms with E-state index in [1.54, 1.807) is 29.4 Å². The number of likely N-dealkylation sites (tertiary alicyclic amines) is 1. The predicted octanol–water partition coefficient (Wildman–Crippen LogP) is 2.59. The molecule has 0 bridgehead atoms. The van der Waals surface area contributed by atoms with Crippen LogP contribution in [0.5, 0.6) is 0 Å². The highest BCUT2D eigenvalue weighted by Crippen LogP contribution is 2.32. The third-order valence-corrected chi connectivity index (χ3v) is 6.08. The molecule has 3 heterocycles. The monoisotopic (exact) mass is 323 g/mol. The molecule has 0 aromatic carbocycles. The van der Waals surface area contributed by atoms with Gasteiger partial charge in [0.25, 0.3) is 0 Å². The average Bonchev–Trinajstić information content (AvgIpc) is 2.92. The Hall–Kier alpha value is -0.920. The van der Waals surface area contributed by atoms with Crippen molar-refractivity contribution in [2.75, 3.05) is 44.9 Å². The molecule has 1 fully saturated rings. The Labute approximate surface area is 133 Å². The van der Waals surface area contributed by atoms with Gasteiger partial charge in [-0.2, -0.15) is 0 Å². The van der Waals surface area contributed by atoms with E-state index in [1.807, 2.05) is 6.26 Å². The SMILES string of the molecule is CSc1nc2ncnc(N(C)CC3CCN(C)CC3)c2s1. The summed E-state index contributed by atoms with van der Waals surface area (Å²) in [7, 11) is 4.34. The van der Waals surface area contributed by atoms with E-state index in [2.05, 4.69) is 38.8 Å². The van der Waals surface area contributed by atoms with Crippen LogP contribution >= 0.6 is 23.1 Å². The maximum absolute atomic E-state index is 4.53. The molecule has 7 heteroatoms. The summed E-state index contributed by atoms with van der Waals surface area (Å²) in [5.74, 6) is 1.78. The molecule has 2 aromatic rings. The maximum atomic E-state index is 4.53. The highest BCUT2D eigenvalue weighted by atomic mass is 32.2. The molecular formula is C14H21N5S2. The second-order valence-corrected chi connectivity index (χ2v) is 7.71. The predicted molar refractivity (Wildman–Crippen MR) is 90.5 cm³/mol. The first kappa shape index (κ1) is 15.0. The zero-order valence-electron chi connectivity index (χ0n) is 12.7. The maximum Gasteiger partial charge on any atom is 0.176 e. The number of thiazole rings is 1. The van der Waals surface area contributed by atoms with E-state index in [4.69, 9.17) is 0 Å². The lowest BCUT2D eigenvalue weighted by Crippen LogP contribution is -2.36. The van der Waals surface area contributed by atoms with Crippen molar-refractivity contribution >= 4 is 39.3 Å². The highest BCUT2D eigenvalue weighted by Gasteiger charge is 2.20. The molecule has 114 valence electrons. The fourth-order valence-electron chi connectivity index (χ4n) is 2.80. The number of fused-ring (bicyclic) bond motifs is 1. The van der Waals surface area contributed by atoms with E-state index in [0.717, 1.165) is 33.0 Å². The number of aromatic nitrogens is 3. The van der Waals surface area contributed by atoms with Crippen LogP contribution in [0.4, 0.5) is 5.82 Å². The molecule has 0 aliphatic carbocycles. The molecular weight excluding hydrogens is 302 g/mol. The summed E-state index contributed by atoms with van der Waals surface area (Å²) in [5.41, 5.74) is 0.824. The van der Waals surface area contributed by atoms with E-state index in [0.29, 0.717) is 0 Å². The van der Waals surface area contributed by atoms with Crippen LogP contribution in [0.15, 0.2) is 10.7 Å². The van der Waals surface area contributed by atoms with Gasteiger partial charge in [-0.15, -0.1) is 11.3 Å². The quantitative estimate of drug-likeness (QED) is 0.806. The summed E-state index contributed by atoms with van der Waals surface area (Å²) in [5, 5.41) is 0. The minimum absolute atomic E-state index is 0.754. The Morgan fingerprint density at radius 3 is 2.86 bits per heavy atom. The average molecular weight is 323 g/mol. The summed E-state index contributed by atoms with van der Waals surface area (Å²) in [6.07, 6.45) is 6.22. The van der Waals surface area contributed by atoms with Crippen molar-refractivity contribution in [3.8, 4) is 0 Å². The van der Waals surface area contributed by atoms with Gasteiger partial charge >= 0.3 is 0 Å². The van der Waals surface area contributed by atoms with Crippen molar-refractivity contribution in [3.05, 3.63) is 6.33 Å². The second-order valence-electron chi connectivity index (χ2n) is 5.66. The zero-order chi connectivity index (χ0) is 14.8. The molecule has 0 radical (unpaired) electrons. The Balaban J connectivity index is 1.77. The number of piperidine rings is 1. The van der Waals surface area contributed by atoms with E-state index in [-0.39, 0.29) is 0 Å². The van der Waals surface area contributed by atoms with Crippen molar-refractivity contribution < 1.29 is 0 Å². The fraction of sp³-hybridized carbons (Fsp3) is 0.643. The summed E-state index contributed by atoms with van der Waals surface area (Å²) < 4.78 is 2.16. The first-order valence-corrected chi connectivity index (χ1v) is 9.26. The first-order valence-electron chi connectivity index (χ1n) is 7.22. The van der Waals surface area contributed by atoms with Crippen LogP contribution in [-0.4, -0.2) is 59.8 Å². The third-order valence-electron chi connectivity index (χ3n) is 4.06. The second kappa shape index (κ2) is 6.46. The molecule has 0 atom stereocenters. The molecule has 1 saturated heterocycles. The topological polar surface area (TPSA) is 45.2 Å². The molecule has 0 amide bonds. The van der Waals surface area contributed by atoms with Crippen LogP contribution < -0.4 is 4.90 Å². The molecule has 5 nitrogen and oxygen atoms in total. The molecule has 3 rings (SSSR count). The van der Waals surface area contributed by atoms with E-state index >= 15 is 0 Å². The molecule has 0 N–H and O–H groups in total. The van der Waals surface area contributed by atoms with Crippen LogP contribution in [0.25, 0.3) is 10.3 Å². The standard InChI is InChI=1S/C14H21N5S2/c1-18-6-4-10(5-7-18)8-19(2)13-11-12(15-9-16-13)17-14(20-3)21-11/h9-10H,4-8H2,1-3H3. The zero-order valence-corrected chi connectivity index (χ0v) is 14.4. The van der Waals surface area contributed by atoms with Crippen molar-refractivity contribution in [1.29, 1.82) is 0 Å². The summed E-state index contributed by atoms with van der Waals surface area (Å²) in [6, 6.07) is 0. The van der Waals surface area contributed by atoms with Gasteiger partial charge in [0.05, 0.1) is 0 Å². The van der Waals surface area contributed by atoms with Crippen LogP contribution in [0.3, 0.4) is 0 Å². The third kappa shape index (κ3) is 3.30. The Morgan fingerprint density at radius 1 is 1.38 bits per heavy atom. The summed E-state index contributed by atoms with van der Waals surface area (Å²) in [4.78, 5) is 18.0. The summed E-state index contributed by atoms with van der Waals surface area (Å²) in [6.45, 7) is 3.47. The van der Waals surface area contributed by atoms with Crippen LogP contribution in [0, 0.1) is 5.92 Å². The number of rotatable bonds is 4. The van der Waals surface area contributed by atoms with Crippen LogP contribution in [0.2, 0.25) is 0 Å². The minimum Gasteiger partial charge on any atom is -0.358 e. The van der Waals surface area contributed by atoms with Gasteiger partial charge in [-0.3, -0.25) is 0 Å². The Bertz CT molecular complexity index is 606. The van der Waals surface area contributed by atoms with Gasteiger partial charge in [-0.1, -0.05) is 11.8 Å². The van der Waals surface area contributed by atoms with E-state index in [9.17, 15) is 0 Å². The number of thioether (sulfide) groups is 1. The number of anilines is 1. The smallest absolute Gasteiger partial charge is 0.176 e. The lowest BCUT2D eigenvalue weighted by atomic mass is 9.97. The molecule has 0 unspecified atom stereocenters. The van der Waals surface area contributed by atoms with Gasteiger partial charge < -0.3 is 9.80 Å². The lowest BCUT2D eigenvalue weighted by Gasteiger charge is -2.32. The molecule has 1 aliphatic heterocycles. The Kier molecular flexibility index (Phi) is 4.61. The van der Waals surface area contributed by atoms with Gasteiger partial charge in [0, 0.05) is 13.6 Å². The van der Waals surface area contributed by atoms with E-state index in [1.165, 1.54) is 25.9 Å². The molecule has 0 saturated carbocycles. The molecule has 21 heavy (non-hydrogen) atoms. The molecule has 1 aliphatic rings. The number of nitrogens with zero attached hydrogens (tertiary/aromatic N) is 5. The fourth-order valence-corrected chi connectivity index (χ4v) is 4.36. The van der Waals surface area contributed by atoms with E-state index < -0.39 is 0 Å². The van der Waals surface area contributed by atoms with Gasteiger partial charge in [0.2, 0.25) is 0 Å². The summed E-state index contributed by atoms with van der Waals surface area (Å²) >= 11 is 3.36. The van der Waals surface area contributed by atoms with Crippen molar-refractivity contribution in [3.63, 3.8) is 0 Å². The number of hydrogen-bond donors (Lipinski definition) is 0. The lowest BCUT2D eigenvalue weighted by molar-refractivity contribution is 0.222. The van der Waals surface area contributed by atoms with Crippen molar-refractivity contribution in [2.24, 2.45) is 5.92 Å². The van der Waals surface area contributed by atoms with Gasteiger partial charge in [0.1, 0.15) is 11.0 Å². The van der Waals surface area contributed by atoms with Gasteiger partial charge in [-0.05, 0) is 45.2 Å². The highest BCUT2D eigenvalue weighted by molar-refractivity contribution is 8.00. The van der Waals surface area contributed by atoms with Crippen LogP contribution in [-0.2, 0) is 0 Å². The Morgan fingerprint density at radius 2 is 2.14 bits per heavy atom. The minimum atomic E-state index is 0.754. The normalized spacial score (nSPS) is 17.5.